The van der Waals surface area contributed by atoms with E-state index in [1.165, 1.54) is 23.5 Å². The molecule has 0 saturated carbocycles. The first-order valence-electron chi connectivity index (χ1n) is 9.51. The smallest absolute Gasteiger partial charge is 0.281 e. The van der Waals surface area contributed by atoms with Crippen LogP contribution in [0.3, 0.4) is 0 Å². The molecule has 0 spiro atoms. The van der Waals surface area contributed by atoms with Gasteiger partial charge in [0.2, 0.25) is 0 Å². The van der Waals surface area contributed by atoms with E-state index in [1.54, 1.807) is 16.8 Å². The average molecular weight is 431 g/mol. The zero-order chi connectivity index (χ0) is 21.7. The van der Waals surface area contributed by atoms with Gasteiger partial charge in [-0.25, -0.2) is 9.67 Å². The van der Waals surface area contributed by atoms with Crippen LogP contribution in [0.25, 0.3) is 33.2 Å². The van der Waals surface area contributed by atoms with Crippen LogP contribution in [0.2, 0.25) is 0 Å². The number of hydrogen-bond donors (Lipinski definition) is 0. The molecule has 154 valence electrons. The average Bonchev–Trinajstić information content (AvgIpc) is 3.42. The molecule has 3 heterocycles. The van der Waals surface area contributed by atoms with E-state index in [-0.39, 0.29) is 11.2 Å². The number of nitro groups is 1. The number of nitro benzene ring substituents is 1. The first kappa shape index (κ1) is 19.0. The van der Waals surface area contributed by atoms with Gasteiger partial charge < -0.3 is 0 Å². The molecule has 0 amide bonds. The monoisotopic (exact) mass is 431 g/mol. The van der Waals surface area contributed by atoms with Gasteiger partial charge in [0.15, 0.2) is 4.96 Å². The van der Waals surface area contributed by atoms with E-state index in [2.05, 4.69) is 4.98 Å². The van der Waals surface area contributed by atoms with Crippen LogP contribution in [-0.4, -0.2) is 23.7 Å². The molecule has 0 atom stereocenters. The second kappa shape index (κ2) is 7.06. The highest BCUT2D eigenvalue weighted by molar-refractivity contribution is 7.15. The molecule has 0 N–H and O–H groups in total. The highest BCUT2D eigenvalue weighted by Gasteiger charge is 2.21. The molecule has 3 aromatic heterocycles. The zero-order valence-corrected chi connectivity index (χ0v) is 17.5. The number of benzene rings is 2. The molecule has 0 aliphatic rings. The summed E-state index contributed by atoms with van der Waals surface area (Å²) in [6.45, 7) is 1.92. The molecular weight excluding hydrogens is 414 g/mol. The van der Waals surface area contributed by atoms with Gasteiger partial charge in [0.1, 0.15) is 0 Å². The quantitative estimate of drug-likeness (QED) is 0.311. The number of rotatable bonds is 4. The molecule has 8 nitrogen and oxygen atoms in total. The summed E-state index contributed by atoms with van der Waals surface area (Å²) in [6.07, 6.45) is 1.86. The normalized spacial score (nSPS) is 11.3. The van der Waals surface area contributed by atoms with Crippen molar-refractivity contribution in [2.75, 3.05) is 0 Å². The Morgan fingerprint density at radius 3 is 2.45 bits per heavy atom. The Hall–Kier alpha value is -3.98. The third kappa shape index (κ3) is 2.98. The van der Waals surface area contributed by atoms with Crippen LogP contribution in [0, 0.1) is 17.0 Å². The Morgan fingerprint density at radius 1 is 1.06 bits per heavy atom. The van der Waals surface area contributed by atoms with Crippen molar-refractivity contribution in [2.24, 2.45) is 7.05 Å². The predicted octanol–water partition coefficient (Wildman–Crippen LogP) is 4.44. The molecule has 31 heavy (non-hydrogen) atoms. The van der Waals surface area contributed by atoms with Gasteiger partial charge in [0.05, 0.1) is 27.6 Å². The van der Waals surface area contributed by atoms with Gasteiger partial charge in [-0.1, -0.05) is 18.2 Å². The summed E-state index contributed by atoms with van der Waals surface area (Å²) in [7, 11) is 1.87. The maximum Gasteiger partial charge on any atom is 0.281 e. The zero-order valence-electron chi connectivity index (χ0n) is 16.7. The molecule has 0 bridgehead atoms. The van der Waals surface area contributed by atoms with E-state index in [1.807, 2.05) is 65.0 Å². The fourth-order valence-electron chi connectivity index (χ4n) is 3.72. The fraction of sp³-hybridized carbons (Fsp3) is 0.0909. The van der Waals surface area contributed by atoms with Crippen molar-refractivity contribution >= 4 is 22.0 Å². The maximum absolute atomic E-state index is 13.4. The second-order valence-corrected chi connectivity index (χ2v) is 7.98. The van der Waals surface area contributed by atoms with E-state index >= 15 is 0 Å². The van der Waals surface area contributed by atoms with Crippen molar-refractivity contribution in [1.29, 1.82) is 0 Å². The number of hydrogen-bond acceptors (Lipinski definition) is 5. The Bertz CT molecular complexity index is 1490. The highest BCUT2D eigenvalue weighted by Crippen LogP contribution is 2.30. The number of non-ortho nitro benzene ring substituents is 1. The second-order valence-electron chi connectivity index (χ2n) is 7.14. The molecule has 5 rings (SSSR count). The van der Waals surface area contributed by atoms with Crippen molar-refractivity contribution in [3.8, 4) is 28.2 Å². The van der Waals surface area contributed by atoms with Gasteiger partial charge >= 0.3 is 0 Å². The lowest BCUT2D eigenvalue weighted by Gasteiger charge is -2.07. The first-order valence-corrected chi connectivity index (χ1v) is 10.4. The van der Waals surface area contributed by atoms with E-state index in [0.717, 1.165) is 27.6 Å². The molecule has 0 saturated heterocycles. The number of fused-ring (bicyclic) bond motifs is 1. The molecular formula is C22H17N5O3S. The van der Waals surface area contributed by atoms with Crippen LogP contribution in [0.1, 0.15) is 5.69 Å². The van der Waals surface area contributed by atoms with E-state index < -0.39 is 4.92 Å². The Labute approximate surface area is 180 Å². The standard InChI is InChI=1S/C22H17N5O3S/c1-14-20(21(28)26(24(14)2)16-6-4-3-5-7-16)19-13-31-22-23-18(12-25(19)22)15-8-10-17(11-9-15)27(29)30/h3-13H,1-2H3. The number of para-hydroxylation sites is 1. The summed E-state index contributed by atoms with van der Waals surface area (Å²) in [6, 6.07) is 15.8. The van der Waals surface area contributed by atoms with Crippen LogP contribution in [0.5, 0.6) is 0 Å². The van der Waals surface area contributed by atoms with E-state index in [0.29, 0.717) is 11.3 Å². The van der Waals surface area contributed by atoms with Crippen LogP contribution in [0.15, 0.2) is 71.0 Å². The van der Waals surface area contributed by atoms with Crippen molar-refractivity contribution in [3.63, 3.8) is 0 Å². The molecule has 0 radical (unpaired) electrons. The lowest BCUT2D eigenvalue weighted by atomic mass is 10.1. The third-order valence-electron chi connectivity index (χ3n) is 5.39. The number of imidazole rings is 1. The number of aromatic nitrogens is 4. The Balaban J connectivity index is 1.64. The van der Waals surface area contributed by atoms with Crippen molar-refractivity contribution < 1.29 is 4.92 Å². The summed E-state index contributed by atoms with van der Waals surface area (Å²) in [4.78, 5) is 29.2. The van der Waals surface area contributed by atoms with Gasteiger partial charge in [-0.15, -0.1) is 11.3 Å². The molecule has 0 fully saturated rings. The van der Waals surface area contributed by atoms with Crippen LogP contribution in [-0.2, 0) is 7.05 Å². The van der Waals surface area contributed by atoms with Gasteiger partial charge in [-0.05, 0) is 31.2 Å². The maximum atomic E-state index is 13.4. The number of nitrogens with zero attached hydrogens (tertiary/aromatic N) is 5. The van der Waals surface area contributed by atoms with Gasteiger partial charge in [-0.3, -0.25) is 24.0 Å². The Morgan fingerprint density at radius 2 is 1.77 bits per heavy atom. The lowest BCUT2D eigenvalue weighted by Crippen LogP contribution is -2.20. The Kier molecular flexibility index (Phi) is 4.33. The molecule has 0 aliphatic heterocycles. The first-order chi connectivity index (χ1) is 15.0. The lowest BCUT2D eigenvalue weighted by molar-refractivity contribution is -0.384. The van der Waals surface area contributed by atoms with Gasteiger partial charge in [0, 0.05) is 42.0 Å². The SMILES string of the molecule is Cc1c(-c2csc3nc(-c4ccc([N+](=O)[O-])cc4)cn23)c(=O)n(-c2ccccc2)n1C. The summed E-state index contributed by atoms with van der Waals surface area (Å²) >= 11 is 1.45. The van der Waals surface area contributed by atoms with Crippen molar-refractivity contribution in [2.45, 2.75) is 6.92 Å². The van der Waals surface area contributed by atoms with E-state index in [9.17, 15) is 14.9 Å². The van der Waals surface area contributed by atoms with Crippen LogP contribution < -0.4 is 5.56 Å². The van der Waals surface area contributed by atoms with Crippen molar-refractivity contribution in [3.05, 3.63) is 92.3 Å². The molecule has 2 aromatic carbocycles. The fourth-order valence-corrected chi connectivity index (χ4v) is 4.58. The predicted molar refractivity (Wildman–Crippen MR) is 120 cm³/mol. The minimum Gasteiger partial charge on any atom is -0.289 e. The van der Waals surface area contributed by atoms with Gasteiger partial charge in [0.25, 0.3) is 11.2 Å². The molecule has 5 aromatic rings. The summed E-state index contributed by atoms with van der Waals surface area (Å²) in [5, 5.41) is 12.8. The summed E-state index contributed by atoms with van der Waals surface area (Å²) in [5.41, 5.74) is 4.44. The topological polar surface area (TPSA) is 87.4 Å². The van der Waals surface area contributed by atoms with E-state index in [4.69, 9.17) is 0 Å². The van der Waals surface area contributed by atoms with Gasteiger partial charge in [-0.2, -0.15) is 0 Å². The molecule has 0 unspecified atom stereocenters. The summed E-state index contributed by atoms with van der Waals surface area (Å²) < 4.78 is 5.41. The highest BCUT2D eigenvalue weighted by atomic mass is 32.1. The molecule has 0 aliphatic carbocycles. The van der Waals surface area contributed by atoms with Crippen molar-refractivity contribution in [1.82, 2.24) is 18.7 Å². The third-order valence-corrected chi connectivity index (χ3v) is 6.23. The molecule has 9 heteroatoms. The minimum absolute atomic E-state index is 0.0341. The largest absolute Gasteiger partial charge is 0.289 e. The number of thiazole rings is 1. The minimum atomic E-state index is -0.427. The van der Waals surface area contributed by atoms with Crippen LogP contribution >= 0.6 is 11.3 Å². The van der Waals surface area contributed by atoms with Crippen LogP contribution in [0.4, 0.5) is 5.69 Å². The summed E-state index contributed by atoms with van der Waals surface area (Å²) in [5.74, 6) is 0.